The zero-order valence-electron chi connectivity index (χ0n) is 15.0. The zero-order chi connectivity index (χ0) is 19.8. The first-order valence-corrected chi connectivity index (χ1v) is 10.7. The summed E-state index contributed by atoms with van der Waals surface area (Å²) in [5, 5.41) is 9.18. The van der Waals surface area contributed by atoms with Crippen LogP contribution in [0.25, 0.3) is 10.2 Å². The number of thiophene rings is 1. The summed E-state index contributed by atoms with van der Waals surface area (Å²) in [6.45, 7) is 0. The molecule has 0 bridgehead atoms. The highest BCUT2D eigenvalue weighted by Gasteiger charge is 2.35. The van der Waals surface area contributed by atoms with Crippen LogP contribution in [0.1, 0.15) is 24.0 Å². The van der Waals surface area contributed by atoms with Crippen molar-refractivity contribution in [2.45, 2.75) is 17.6 Å². The van der Waals surface area contributed by atoms with Gasteiger partial charge in [0.15, 0.2) is 5.16 Å². The molecule has 1 unspecified atom stereocenters. The minimum Gasteiger partial charge on any atom is -0.467 e. The average molecular weight is 425 g/mol. The van der Waals surface area contributed by atoms with E-state index in [1.54, 1.807) is 24.7 Å². The first-order valence-electron chi connectivity index (χ1n) is 8.79. The molecule has 0 spiro atoms. The van der Waals surface area contributed by atoms with Gasteiger partial charge in [-0.1, -0.05) is 11.8 Å². The lowest BCUT2D eigenvalue weighted by Gasteiger charge is -2.19. The van der Waals surface area contributed by atoms with Crippen molar-refractivity contribution in [1.82, 2.24) is 15.0 Å². The van der Waals surface area contributed by atoms with Crippen LogP contribution in [0, 0.1) is 0 Å². The van der Waals surface area contributed by atoms with Gasteiger partial charge in [-0.2, -0.15) is 5.10 Å². The molecule has 2 N–H and O–H groups in total. The summed E-state index contributed by atoms with van der Waals surface area (Å²) >= 11 is 2.72. The Morgan fingerprint density at radius 1 is 1.24 bits per heavy atom. The molecule has 5 heterocycles. The van der Waals surface area contributed by atoms with E-state index >= 15 is 0 Å². The predicted molar refractivity (Wildman–Crippen MR) is 111 cm³/mol. The molecule has 1 aliphatic heterocycles. The zero-order valence-corrected chi connectivity index (χ0v) is 16.7. The Morgan fingerprint density at radius 2 is 2.10 bits per heavy atom. The van der Waals surface area contributed by atoms with E-state index in [1.807, 2.05) is 23.6 Å². The standard InChI is InChI=1S/C19H15N5O3S2/c20-17-11-5-8-28-18(11)22-19(21-17)29-10-16(25)24-13(15-4-2-7-27-15)9-12(23-24)14-3-1-6-26-14/h1-8,13H,9-10H2,(H2,20,21,22). The third kappa shape index (κ3) is 3.40. The number of amides is 1. The van der Waals surface area contributed by atoms with Crippen molar-refractivity contribution in [1.29, 1.82) is 0 Å². The number of furan rings is 2. The van der Waals surface area contributed by atoms with Crippen LogP contribution in [0.2, 0.25) is 0 Å². The van der Waals surface area contributed by atoms with Gasteiger partial charge in [0.05, 0.1) is 23.7 Å². The Hall–Kier alpha value is -3.11. The van der Waals surface area contributed by atoms with Gasteiger partial charge < -0.3 is 14.6 Å². The Balaban J connectivity index is 1.37. The fraction of sp³-hybridized carbons (Fsp3) is 0.158. The lowest BCUT2D eigenvalue weighted by Crippen LogP contribution is -2.28. The van der Waals surface area contributed by atoms with Crippen molar-refractivity contribution >= 4 is 50.8 Å². The molecule has 0 aromatic carbocycles. The Labute approximate surface area is 173 Å². The van der Waals surface area contributed by atoms with E-state index < -0.39 is 0 Å². The van der Waals surface area contributed by atoms with Crippen molar-refractivity contribution in [2.24, 2.45) is 5.10 Å². The fourth-order valence-corrected chi connectivity index (χ4v) is 4.68. The number of hydrogen-bond acceptors (Lipinski definition) is 9. The molecule has 4 aromatic heterocycles. The second-order valence-electron chi connectivity index (χ2n) is 6.32. The Kier molecular flexibility index (Phi) is 4.57. The third-order valence-corrected chi connectivity index (χ3v) is 6.14. The molecule has 1 atom stereocenters. The van der Waals surface area contributed by atoms with Crippen molar-refractivity contribution in [3.63, 3.8) is 0 Å². The molecule has 4 aromatic rings. The number of fused-ring (bicyclic) bond motifs is 1. The van der Waals surface area contributed by atoms with Crippen LogP contribution >= 0.6 is 23.1 Å². The number of thioether (sulfide) groups is 1. The van der Waals surface area contributed by atoms with Crippen LogP contribution in [0.3, 0.4) is 0 Å². The minimum absolute atomic E-state index is 0.127. The highest BCUT2D eigenvalue weighted by atomic mass is 32.2. The van der Waals surface area contributed by atoms with E-state index in [0.29, 0.717) is 34.6 Å². The molecule has 0 fully saturated rings. The average Bonchev–Trinajstić information content (AvgIpc) is 3.51. The van der Waals surface area contributed by atoms with Crippen molar-refractivity contribution in [2.75, 3.05) is 11.5 Å². The van der Waals surface area contributed by atoms with Gasteiger partial charge in [-0.3, -0.25) is 4.79 Å². The summed E-state index contributed by atoms with van der Waals surface area (Å²) in [4.78, 5) is 22.5. The van der Waals surface area contributed by atoms with Crippen molar-refractivity contribution < 1.29 is 13.6 Å². The lowest BCUT2D eigenvalue weighted by atomic mass is 10.1. The molecular weight excluding hydrogens is 410 g/mol. The summed E-state index contributed by atoms with van der Waals surface area (Å²) in [5.74, 6) is 1.69. The third-order valence-electron chi connectivity index (χ3n) is 4.50. The van der Waals surface area contributed by atoms with Crippen LogP contribution in [0.4, 0.5) is 5.82 Å². The maximum atomic E-state index is 13.0. The van der Waals surface area contributed by atoms with E-state index in [-0.39, 0.29) is 17.7 Å². The highest BCUT2D eigenvalue weighted by Crippen LogP contribution is 2.34. The maximum Gasteiger partial charge on any atom is 0.253 e. The van der Waals surface area contributed by atoms with Gasteiger partial charge in [0.1, 0.15) is 33.9 Å². The van der Waals surface area contributed by atoms with Gasteiger partial charge in [-0.25, -0.2) is 15.0 Å². The summed E-state index contributed by atoms with van der Waals surface area (Å²) < 4.78 is 11.0. The summed E-state index contributed by atoms with van der Waals surface area (Å²) in [5.41, 5.74) is 6.69. The first kappa shape index (κ1) is 18.0. The largest absolute Gasteiger partial charge is 0.467 e. The number of nitrogen functional groups attached to an aromatic ring is 1. The molecule has 0 aliphatic carbocycles. The molecule has 1 amide bonds. The summed E-state index contributed by atoms with van der Waals surface area (Å²) in [7, 11) is 0. The molecule has 0 radical (unpaired) electrons. The Morgan fingerprint density at radius 3 is 2.90 bits per heavy atom. The predicted octanol–water partition coefficient (Wildman–Crippen LogP) is 3.93. The molecule has 0 saturated heterocycles. The molecule has 146 valence electrons. The van der Waals surface area contributed by atoms with Gasteiger partial charge in [0, 0.05) is 6.42 Å². The number of aromatic nitrogens is 2. The number of nitrogens with zero attached hydrogens (tertiary/aromatic N) is 4. The first-order chi connectivity index (χ1) is 14.2. The van der Waals surface area contributed by atoms with Crippen LogP contribution in [0.5, 0.6) is 0 Å². The van der Waals surface area contributed by atoms with Gasteiger partial charge in [0.2, 0.25) is 0 Å². The summed E-state index contributed by atoms with van der Waals surface area (Å²) in [6.07, 6.45) is 3.69. The lowest BCUT2D eigenvalue weighted by molar-refractivity contribution is -0.130. The van der Waals surface area contributed by atoms with Crippen LogP contribution in [-0.2, 0) is 4.79 Å². The van der Waals surface area contributed by atoms with E-state index in [9.17, 15) is 4.79 Å². The second kappa shape index (κ2) is 7.37. The van der Waals surface area contributed by atoms with Gasteiger partial charge in [-0.05, 0) is 35.7 Å². The monoisotopic (exact) mass is 425 g/mol. The molecule has 1 aliphatic rings. The van der Waals surface area contributed by atoms with E-state index in [4.69, 9.17) is 14.6 Å². The summed E-state index contributed by atoms with van der Waals surface area (Å²) in [6, 6.07) is 8.83. The second-order valence-corrected chi connectivity index (χ2v) is 8.15. The number of anilines is 1. The quantitative estimate of drug-likeness (QED) is 0.381. The number of hydrazone groups is 1. The molecule has 10 heteroatoms. The van der Waals surface area contributed by atoms with Crippen molar-refractivity contribution in [3.8, 4) is 0 Å². The molecule has 29 heavy (non-hydrogen) atoms. The normalized spacial score (nSPS) is 16.5. The highest BCUT2D eigenvalue weighted by molar-refractivity contribution is 7.99. The number of hydrogen-bond donors (Lipinski definition) is 1. The van der Waals surface area contributed by atoms with Crippen molar-refractivity contribution in [3.05, 3.63) is 59.8 Å². The SMILES string of the molecule is Nc1nc(SCC(=O)N2N=C(c3ccco3)CC2c2ccco2)nc2sccc12. The van der Waals surface area contributed by atoms with Gasteiger partial charge in [0.25, 0.3) is 5.91 Å². The van der Waals surface area contributed by atoms with E-state index in [0.717, 1.165) is 10.2 Å². The molecule has 0 saturated carbocycles. The number of nitrogens with two attached hydrogens (primary N) is 1. The van der Waals surface area contributed by atoms with E-state index in [1.165, 1.54) is 28.1 Å². The van der Waals surface area contributed by atoms with Crippen LogP contribution < -0.4 is 5.73 Å². The maximum absolute atomic E-state index is 13.0. The smallest absolute Gasteiger partial charge is 0.253 e. The topological polar surface area (TPSA) is 111 Å². The van der Waals surface area contributed by atoms with Crippen LogP contribution in [-0.4, -0.2) is 32.3 Å². The number of carbonyl (C=O) groups is 1. The minimum atomic E-state index is -0.316. The number of carbonyl (C=O) groups excluding carboxylic acids is 1. The molecule has 5 rings (SSSR count). The fourth-order valence-electron chi connectivity index (χ4n) is 3.15. The van der Waals surface area contributed by atoms with Crippen LogP contribution in [0.15, 0.2) is 67.3 Å². The van der Waals surface area contributed by atoms with Gasteiger partial charge >= 0.3 is 0 Å². The molecular formula is C19H15N5O3S2. The number of rotatable bonds is 5. The van der Waals surface area contributed by atoms with Gasteiger partial charge in [-0.15, -0.1) is 11.3 Å². The molecule has 8 nitrogen and oxygen atoms in total. The van der Waals surface area contributed by atoms with E-state index in [2.05, 4.69) is 15.1 Å². The Bertz CT molecular complexity index is 1180.